The van der Waals surface area contributed by atoms with E-state index >= 15 is 0 Å². The summed E-state index contributed by atoms with van der Waals surface area (Å²) in [7, 11) is 0. The first kappa shape index (κ1) is 9.02. The molecule has 72 valence electrons. The van der Waals surface area contributed by atoms with E-state index in [1.54, 1.807) is 5.38 Å². The van der Waals surface area contributed by atoms with Gasteiger partial charge < -0.3 is 10.5 Å². The Balaban J connectivity index is 2.23. The van der Waals surface area contributed by atoms with Crippen LogP contribution in [0.15, 0.2) is 29.6 Å². The van der Waals surface area contributed by atoms with Crippen molar-refractivity contribution in [1.29, 1.82) is 0 Å². The Morgan fingerprint density at radius 3 is 2.79 bits per heavy atom. The van der Waals surface area contributed by atoms with Crippen LogP contribution in [-0.2, 0) is 0 Å². The third kappa shape index (κ3) is 1.85. The molecule has 2 rings (SSSR count). The van der Waals surface area contributed by atoms with Gasteiger partial charge in [-0.05, 0) is 18.6 Å². The molecule has 1 aromatic carbocycles. The third-order valence-electron chi connectivity index (χ3n) is 1.79. The van der Waals surface area contributed by atoms with E-state index < -0.39 is 0 Å². The van der Waals surface area contributed by atoms with Gasteiger partial charge in [0.05, 0.1) is 0 Å². The van der Waals surface area contributed by atoms with Crippen molar-refractivity contribution in [2.75, 3.05) is 5.73 Å². The Morgan fingerprint density at radius 1 is 1.36 bits per heavy atom. The summed E-state index contributed by atoms with van der Waals surface area (Å²) >= 11 is 1.39. The Hall–Kier alpha value is -1.55. The largest absolute Gasteiger partial charge is 0.431 e. The maximum absolute atomic E-state index is 5.56. The molecule has 0 radical (unpaired) electrons. The van der Waals surface area contributed by atoms with Gasteiger partial charge in [-0.3, -0.25) is 0 Å². The highest BCUT2D eigenvalue weighted by atomic mass is 32.1. The first-order valence-corrected chi connectivity index (χ1v) is 5.08. The first-order valence-electron chi connectivity index (χ1n) is 4.20. The van der Waals surface area contributed by atoms with E-state index in [1.807, 2.05) is 31.2 Å². The predicted molar refractivity (Wildman–Crippen MR) is 57.8 cm³/mol. The van der Waals surface area contributed by atoms with E-state index in [0.29, 0.717) is 11.0 Å². The Kier molecular flexibility index (Phi) is 2.37. The van der Waals surface area contributed by atoms with Gasteiger partial charge in [-0.1, -0.05) is 29.5 Å². The SMILES string of the molecule is Cc1ccccc1Oc1nc(N)cs1. The number of rotatable bonds is 2. The zero-order valence-electron chi connectivity index (χ0n) is 7.73. The van der Waals surface area contributed by atoms with Crippen molar-refractivity contribution in [2.24, 2.45) is 0 Å². The molecule has 0 fully saturated rings. The molecule has 0 bridgehead atoms. The number of nitrogen functional groups attached to an aromatic ring is 1. The monoisotopic (exact) mass is 206 g/mol. The van der Waals surface area contributed by atoms with Gasteiger partial charge in [-0.25, -0.2) is 0 Å². The fourth-order valence-corrected chi connectivity index (χ4v) is 1.65. The van der Waals surface area contributed by atoms with E-state index in [1.165, 1.54) is 11.3 Å². The lowest BCUT2D eigenvalue weighted by Crippen LogP contribution is -1.87. The van der Waals surface area contributed by atoms with Gasteiger partial charge >= 0.3 is 0 Å². The molecule has 0 saturated heterocycles. The van der Waals surface area contributed by atoms with E-state index in [-0.39, 0.29) is 0 Å². The molecule has 14 heavy (non-hydrogen) atoms. The van der Waals surface area contributed by atoms with Crippen LogP contribution in [0.4, 0.5) is 5.82 Å². The van der Waals surface area contributed by atoms with Crippen LogP contribution < -0.4 is 10.5 Å². The quantitative estimate of drug-likeness (QED) is 0.821. The van der Waals surface area contributed by atoms with Crippen LogP contribution in [0.5, 0.6) is 10.9 Å². The summed E-state index contributed by atoms with van der Waals surface area (Å²) in [6, 6.07) is 7.80. The maximum atomic E-state index is 5.56. The van der Waals surface area contributed by atoms with Gasteiger partial charge in [0.2, 0.25) is 0 Å². The fraction of sp³-hybridized carbons (Fsp3) is 0.100. The summed E-state index contributed by atoms with van der Waals surface area (Å²) in [5.41, 5.74) is 6.57. The highest BCUT2D eigenvalue weighted by Crippen LogP contribution is 2.27. The second-order valence-corrected chi connectivity index (χ2v) is 3.73. The lowest BCUT2D eigenvalue weighted by molar-refractivity contribution is 0.476. The Bertz CT molecular complexity index is 439. The number of para-hydroxylation sites is 1. The van der Waals surface area contributed by atoms with Crippen molar-refractivity contribution in [3.8, 4) is 10.9 Å². The summed E-state index contributed by atoms with van der Waals surface area (Å²) in [6.45, 7) is 1.99. The molecule has 0 aliphatic rings. The predicted octanol–water partition coefficient (Wildman–Crippen LogP) is 2.83. The summed E-state index contributed by atoms with van der Waals surface area (Å²) in [5, 5.41) is 2.34. The van der Waals surface area contributed by atoms with Gasteiger partial charge in [0.25, 0.3) is 5.19 Å². The fourth-order valence-electron chi connectivity index (χ4n) is 1.08. The number of aromatic nitrogens is 1. The standard InChI is InChI=1S/C10H10N2OS/c1-7-4-2-3-5-8(7)13-10-12-9(11)6-14-10/h2-6H,11H2,1H3. The van der Waals surface area contributed by atoms with E-state index in [2.05, 4.69) is 4.98 Å². The maximum Gasteiger partial charge on any atom is 0.280 e. The number of anilines is 1. The van der Waals surface area contributed by atoms with Crippen molar-refractivity contribution in [3.05, 3.63) is 35.2 Å². The highest BCUT2D eigenvalue weighted by Gasteiger charge is 2.03. The molecule has 0 amide bonds. The molecule has 3 nitrogen and oxygen atoms in total. The average Bonchev–Trinajstić information content (AvgIpc) is 2.56. The number of thiazole rings is 1. The molecular weight excluding hydrogens is 196 g/mol. The van der Waals surface area contributed by atoms with Gasteiger partial charge in [0.15, 0.2) is 0 Å². The zero-order valence-corrected chi connectivity index (χ0v) is 8.54. The third-order valence-corrected chi connectivity index (χ3v) is 2.53. The van der Waals surface area contributed by atoms with Crippen molar-refractivity contribution < 1.29 is 4.74 Å². The Morgan fingerprint density at radius 2 is 2.14 bits per heavy atom. The number of hydrogen-bond acceptors (Lipinski definition) is 4. The van der Waals surface area contributed by atoms with Gasteiger partial charge in [-0.15, -0.1) is 0 Å². The number of nitrogens with zero attached hydrogens (tertiary/aromatic N) is 1. The molecule has 0 aliphatic heterocycles. The van der Waals surface area contributed by atoms with Crippen LogP contribution in [-0.4, -0.2) is 4.98 Å². The van der Waals surface area contributed by atoms with Crippen LogP contribution >= 0.6 is 11.3 Å². The lowest BCUT2D eigenvalue weighted by atomic mass is 10.2. The molecule has 0 saturated carbocycles. The summed E-state index contributed by atoms with van der Waals surface area (Å²) in [5.74, 6) is 1.32. The number of benzene rings is 1. The van der Waals surface area contributed by atoms with Crippen LogP contribution in [0.3, 0.4) is 0 Å². The molecule has 4 heteroatoms. The van der Waals surface area contributed by atoms with E-state index in [0.717, 1.165) is 11.3 Å². The van der Waals surface area contributed by atoms with E-state index in [4.69, 9.17) is 10.5 Å². The smallest absolute Gasteiger partial charge is 0.280 e. The zero-order chi connectivity index (χ0) is 9.97. The first-order chi connectivity index (χ1) is 6.75. The second kappa shape index (κ2) is 3.67. The molecule has 0 atom stereocenters. The van der Waals surface area contributed by atoms with Crippen LogP contribution in [0, 0.1) is 6.92 Å². The molecule has 0 aliphatic carbocycles. The lowest BCUT2D eigenvalue weighted by Gasteiger charge is -2.03. The van der Waals surface area contributed by atoms with Gasteiger partial charge in [-0.2, -0.15) is 4.98 Å². The minimum absolute atomic E-state index is 0.499. The molecular formula is C10H10N2OS. The molecule has 1 heterocycles. The normalized spacial score (nSPS) is 10.1. The molecule has 2 aromatic rings. The number of hydrogen-bond donors (Lipinski definition) is 1. The number of ether oxygens (including phenoxy) is 1. The van der Waals surface area contributed by atoms with Gasteiger partial charge in [0, 0.05) is 5.38 Å². The van der Waals surface area contributed by atoms with Crippen molar-refractivity contribution in [3.63, 3.8) is 0 Å². The van der Waals surface area contributed by atoms with Crippen LogP contribution in [0.2, 0.25) is 0 Å². The van der Waals surface area contributed by atoms with Gasteiger partial charge in [0.1, 0.15) is 11.6 Å². The molecule has 2 N–H and O–H groups in total. The topological polar surface area (TPSA) is 48.1 Å². The molecule has 0 unspecified atom stereocenters. The second-order valence-electron chi connectivity index (χ2n) is 2.91. The van der Waals surface area contributed by atoms with E-state index in [9.17, 15) is 0 Å². The summed E-state index contributed by atoms with van der Waals surface area (Å²) in [6.07, 6.45) is 0. The van der Waals surface area contributed by atoms with Crippen molar-refractivity contribution in [2.45, 2.75) is 6.92 Å². The van der Waals surface area contributed by atoms with Crippen LogP contribution in [0.25, 0.3) is 0 Å². The van der Waals surface area contributed by atoms with Crippen LogP contribution in [0.1, 0.15) is 5.56 Å². The number of nitrogens with two attached hydrogens (primary N) is 1. The highest BCUT2D eigenvalue weighted by molar-refractivity contribution is 7.11. The molecule has 0 spiro atoms. The van der Waals surface area contributed by atoms with Crippen molar-refractivity contribution >= 4 is 17.2 Å². The average molecular weight is 206 g/mol. The minimum Gasteiger partial charge on any atom is -0.431 e. The summed E-state index contributed by atoms with van der Waals surface area (Å²) < 4.78 is 5.56. The number of aryl methyl sites for hydroxylation is 1. The van der Waals surface area contributed by atoms with Crippen molar-refractivity contribution in [1.82, 2.24) is 4.98 Å². The minimum atomic E-state index is 0.499. The Labute approximate surface area is 86.2 Å². The summed E-state index contributed by atoms with van der Waals surface area (Å²) in [4.78, 5) is 4.02. The molecule has 1 aromatic heterocycles.